The Hall–Kier alpha value is -2.43. The second-order valence-corrected chi connectivity index (χ2v) is 4.39. The molecule has 0 fully saturated rings. The zero-order chi connectivity index (χ0) is 15.2. The summed E-state index contributed by atoms with van der Waals surface area (Å²) in [5.41, 5.74) is 1.58. The van der Waals surface area contributed by atoms with Crippen LogP contribution in [-0.2, 0) is 0 Å². The number of ether oxygens (including phenoxy) is 2. The SMILES string of the molecule is CCN(CC)C(=O)Oc1c(OC)cccc1-c1ccoc1. The lowest BCUT2D eigenvalue weighted by Gasteiger charge is -2.20. The number of amides is 1. The predicted octanol–water partition coefficient (Wildman–Crippen LogP) is 3.80. The highest BCUT2D eigenvalue weighted by Gasteiger charge is 2.19. The molecule has 0 unspecified atom stereocenters. The van der Waals surface area contributed by atoms with E-state index in [4.69, 9.17) is 13.9 Å². The first kappa shape index (κ1) is 15.0. The van der Waals surface area contributed by atoms with Crippen molar-refractivity contribution in [1.29, 1.82) is 0 Å². The average Bonchev–Trinajstić information content (AvgIpc) is 3.02. The molecule has 1 heterocycles. The van der Waals surface area contributed by atoms with Crippen molar-refractivity contribution in [3.05, 3.63) is 36.8 Å². The van der Waals surface area contributed by atoms with E-state index >= 15 is 0 Å². The van der Waals surface area contributed by atoms with Gasteiger partial charge in [0.05, 0.1) is 19.6 Å². The summed E-state index contributed by atoms with van der Waals surface area (Å²) in [7, 11) is 1.54. The summed E-state index contributed by atoms with van der Waals surface area (Å²) in [6.45, 7) is 4.99. The lowest BCUT2D eigenvalue weighted by molar-refractivity contribution is 0.156. The number of carbonyl (C=O) groups excluding carboxylic acids is 1. The minimum absolute atomic E-state index is 0.394. The van der Waals surface area contributed by atoms with Crippen LogP contribution >= 0.6 is 0 Å². The molecule has 0 aliphatic carbocycles. The highest BCUT2D eigenvalue weighted by atomic mass is 16.6. The third-order valence-corrected chi connectivity index (χ3v) is 3.24. The van der Waals surface area contributed by atoms with Crippen LogP contribution in [-0.4, -0.2) is 31.2 Å². The molecule has 1 amide bonds. The predicted molar refractivity (Wildman–Crippen MR) is 79.6 cm³/mol. The van der Waals surface area contributed by atoms with E-state index in [1.807, 2.05) is 32.0 Å². The Bertz CT molecular complexity index is 588. The zero-order valence-electron chi connectivity index (χ0n) is 12.5. The fourth-order valence-electron chi connectivity index (χ4n) is 2.06. The topological polar surface area (TPSA) is 51.9 Å². The molecule has 0 saturated heterocycles. The van der Waals surface area contributed by atoms with Gasteiger partial charge in [0.25, 0.3) is 0 Å². The molecule has 112 valence electrons. The Labute approximate surface area is 124 Å². The van der Waals surface area contributed by atoms with Crippen LogP contribution in [0, 0.1) is 0 Å². The highest BCUT2D eigenvalue weighted by Crippen LogP contribution is 2.38. The second-order valence-electron chi connectivity index (χ2n) is 4.39. The molecule has 0 N–H and O–H groups in total. The standard InChI is InChI=1S/C16H19NO4/c1-4-17(5-2)16(18)21-15-13(12-9-10-20-11-12)7-6-8-14(15)19-3/h6-11H,4-5H2,1-3H3. The zero-order valence-corrected chi connectivity index (χ0v) is 12.5. The van der Waals surface area contributed by atoms with Gasteiger partial charge in [0, 0.05) is 24.2 Å². The number of hydrogen-bond donors (Lipinski definition) is 0. The molecule has 0 saturated carbocycles. The maximum Gasteiger partial charge on any atom is 0.415 e. The summed E-state index contributed by atoms with van der Waals surface area (Å²) >= 11 is 0. The summed E-state index contributed by atoms with van der Waals surface area (Å²) in [5.74, 6) is 0.910. The van der Waals surface area contributed by atoms with Crippen molar-refractivity contribution in [2.24, 2.45) is 0 Å². The number of carbonyl (C=O) groups is 1. The van der Waals surface area contributed by atoms with Crippen molar-refractivity contribution in [1.82, 2.24) is 4.90 Å². The molecule has 1 aromatic heterocycles. The Morgan fingerprint density at radius 2 is 2.00 bits per heavy atom. The van der Waals surface area contributed by atoms with E-state index in [1.165, 1.54) is 0 Å². The second kappa shape index (κ2) is 6.83. The van der Waals surface area contributed by atoms with Crippen LogP contribution < -0.4 is 9.47 Å². The Kier molecular flexibility index (Phi) is 4.87. The van der Waals surface area contributed by atoms with E-state index < -0.39 is 6.09 Å². The molecule has 0 aliphatic rings. The minimum atomic E-state index is -0.394. The fourth-order valence-corrected chi connectivity index (χ4v) is 2.06. The van der Waals surface area contributed by atoms with E-state index in [1.54, 1.807) is 30.6 Å². The van der Waals surface area contributed by atoms with E-state index in [2.05, 4.69) is 0 Å². The molecular formula is C16H19NO4. The van der Waals surface area contributed by atoms with Crippen molar-refractivity contribution in [3.8, 4) is 22.6 Å². The van der Waals surface area contributed by atoms with Gasteiger partial charge in [-0.2, -0.15) is 0 Å². The third-order valence-electron chi connectivity index (χ3n) is 3.24. The van der Waals surface area contributed by atoms with Gasteiger partial charge in [-0.25, -0.2) is 4.79 Å². The first-order chi connectivity index (χ1) is 10.2. The van der Waals surface area contributed by atoms with Gasteiger partial charge in [0.2, 0.25) is 0 Å². The minimum Gasteiger partial charge on any atom is -0.493 e. The summed E-state index contributed by atoms with van der Waals surface area (Å²) in [5, 5.41) is 0. The van der Waals surface area contributed by atoms with Crippen LogP contribution in [0.3, 0.4) is 0 Å². The number of rotatable bonds is 5. The monoisotopic (exact) mass is 289 g/mol. The van der Waals surface area contributed by atoms with Crippen LogP contribution in [0.15, 0.2) is 41.2 Å². The molecule has 0 bridgehead atoms. The molecule has 0 spiro atoms. The largest absolute Gasteiger partial charge is 0.493 e. The Morgan fingerprint density at radius 3 is 2.57 bits per heavy atom. The normalized spacial score (nSPS) is 10.2. The lowest BCUT2D eigenvalue weighted by Crippen LogP contribution is -2.33. The average molecular weight is 289 g/mol. The number of nitrogens with zero attached hydrogens (tertiary/aromatic N) is 1. The van der Waals surface area contributed by atoms with Crippen molar-refractivity contribution >= 4 is 6.09 Å². The van der Waals surface area contributed by atoms with Crippen LogP contribution in [0.2, 0.25) is 0 Å². The molecule has 0 aliphatic heterocycles. The third kappa shape index (κ3) is 3.18. The quantitative estimate of drug-likeness (QED) is 0.840. The van der Waals surface area contributed by atoms with Gasteiger partial charge in [-0.05, 0) is 26.0 Å². The van der Waals surface area contributed by atoms with Crippen LogP contribution in [0.25, 0.3) is 11.1 Å². The number of furan rings is 1. The lowest BCUT2D eigenvalue weighted by atomic mass is 10.1. The van der Waals surface area contributed by atoms with Crippen molar-refractivity contribution in [2.45, 2.75) is 13.8 Å². The van der Waals surface area contributed by atoms with Gasteiger partial charge in [-0.1, -0.05) is 12.1 Å². The first-order valence-corrected chi connectivity index (χ1v) is 6.87. The molecule has 21 heavy (non-hydrogen) atoms. The van der Waals surface area contributed by atoms with Crippen molar-refractivity contribution in [3.63, 3.8) is 0 Å². The molecule has 1 aromatic carbocycles. The number of para-hydroxylation sites is 1. The summed E-state index contributed by atoms with van der Waals surface area (Å²) in [6, 6.07) is 7.27. The summed E-state index contributed by atoms with van der Waals surface area (Å²) < 4.78 is 16.0. The van der Waals surface area contributed by atoms with E-state index in [9.17, 15) is 4.79 Å². The van der Waals surface area contributed by atoms with Crippen LogP contribution in [0.1, 0.15) is 13.8 Å². The summed E-state index contributed by atoms with van der Waals surface area (Å²) in [4.78, 5) is 13.8. The van der Waals surface area contributed by atoms with Crippen LogP contribution in [0.5, 0.6) is 11.5 Å². The van der Waals surface area contributed by atoms with E-state index in [-0.39, 0.29) is 0 Å². The van der Waals surface area contributed by atoms with E-state index in [0.29, 0.717) is 24.6 Å². The smallest absolute Gasteiger partial charge is 0.415 e. The van der Waals surface area contributed by atoms with Gasteiger partial charge in [-0.3, -0.25) is 0 Å². The molecule has 5 heteroatoms. The van der Waals surface area contributed by atoms with Gasteiger partial charge < -0.3 is 18.8 Å². The van der Waals surface area contributed by atoms with Crippen molar-refractivity contribution < 1.29 is 18.7 Å². The molecule has 2 rings (SSSR count). The number of benzene rings is 1. The molecule has 0 atom stereocenters. The molecule has 0 radical (unpaired) electrons. The number of hydrogen-bond acceptors (Lipinski definition) is 4. The number of methoxy groups -OCH3 is 1. The maximum absolute atomic E-state index is 12.2. The van der Waals surface area contributed by atoms with Gasteiger partial charge >= 0.3 is 6.09 Å². The highest BCUT2D eigenvalue weighted by molar-refractivity contribution is 5.79. The Morgan fingerprint density at radius 1 is 1.24 bits per heavy atom. The molecule has 5 nitrogen and oxygen atoms in total. The van der Waals surface area contributed by atoms with E-state index in [0.717, 1.165) is 11.1 Å². The summed E-state index contributed by atoms with van der Waals surface area (Å²) in [6.07, 6.45) is 2.78. The van der Waals surface area contributed by atoms with Crippen molar-refractivity contribution in [2.75, 3.05) is 20.2 Å². The van der Waals surface area contributed by atoms with Gasteiger partial charge in [-0.15, -0.1) is 0 Å². The first-order valence-electron chi connectivity index (χ1n) is 6.87. The molecule has 2 aromatic rings. The molecular weight excluding hydrogens is 270 g/mol. The van der Waals surface area contributed by atoms with Gasteiger partial charge in [0.1, 0.15) is 0 Å². The van der Waals surface area contributed by atoms with Crippen LogP contribution in [0.4, 0.5) is 4.79 Å². The fraction of sp³-hybridized carbons (Fsp3) is 0.312. The Balaban J connectivity index is 2.39. The maximum atomic E-state index is 12.2. The van der Waals surface area contributed by atoms with Gasteiger partial charge in [0.15, 0.2) is 11.5 Å².